The maximum atomic E-state index is 13.0. The zero-order chi connectivity index (χ0) is 23.6. The monoisotopic (exact) mass is 443 g/mol. The van der Waals surface area contributed by atoms with E-state index in [0.29, 0.717) is 5.56 Å². The molecule has 0 saturated carbocycles. The van der Waals surface area contributed by atoms with Crippen molar-refractivity contribution in [2.75, 3.05) is 36.0 Å². The van der Waals surface area contributed by atoms with E-state index < -0.39 is 5.60 Å². The number of hydrogen-bond donors (Lipinski definition) is 0. The van der Waals surface area contributed by atoms with Crippen LogP contribution in [0.2, 0.25) is 0 Å². The molecule has 2 aromatic carbocycles. The van der Waals surface area contributed by atoms with Crippen LogP contribution in [-0.4, -0.2) is 37.1 Å². The molecule has 5 heteroatoms. The highest BCUT2D eigenvalue weighted by molar-refractivity contribution is 5.96. The molecular formula is C28H33N3O2. The van der Waals surface area contributed by atoms with Gasteiger partial charge in [0.15, 0.2) is 5.60 Å². The minimum Gasteiger partial charge on any atom is -0.441 e. The molecule has 2 heterocycles. The Morgan fingerprint density at radius 2 is 1.24 bits per heavy atom. The zero-order valence-electron chi connectivity index (χ0n) is 20.3. The zero-order valence-corrected chi connectivity index (χ0v) is 20.3. The molecule has 0 N–H and O–H groups in total. The molecule has 5 nitrogen and oxygen atoms in total. The van der Waals surface area contributed by atoms with Crippen molar-refractivity contribution in [3.8, 4) is 0 Å². The van der Waals surface area contributed by atoms with Crippen molar-refractivity contribution in [1.29, 1.82) is 0 Å². The van der Waals surface area contributed by atoms with E-state index in [1.54, 1.807) is 6.20 Å². The Hall–Kier alpha value is -3.34. The highest BCUT2D eigenvalue weighted by Gasteiger charge is 2.49. The fraction of sp³-hybridized carbons (Fsp3) is 0.357. The van der Waals surface area contributed by atoms with Crippen molar-refractivity contribution < 1.29 is 9.53 Å². The average molecular weight is 444 g/mol. The smallest absolute Gasteiger partial charge is 0.340 e. The molecule has 1 aliphatic heterocycles. The lowest BCUT2D eigenvalue weighted by molar-refractivity contribution is 0.0251. The van der Waals surface area contributed by atoms with E-state index in [-0.39, 0.29) is 5.97 Å². The third kappa shape index (κ3) is 3.86. The van der Waals surface area contributed by atoms with Gasteiger partial charge in [-0.1, -0.05) is 24.3 Å². The minimum atomic E-state index is -1.02. The van der Waals surface area contributed by atoms with Crippen LogP contribution in [0.4, 0.5) is 11.4 Å². The van der Waals surface area contributed by atoms with Gasteiger partial charge in [0.05, 0.1) is 5.56 Å². The van der Waals surface area contributed by atoms with Crippen LogP contribution in [0.5, 0.6) is 0 Å². The lowest BCUT2D eigenvalue weighted by Crippen LogP contribution is -2.30. The van der Waals surface area contributed by atoms with E-state index in [0.717, 1.165) is 59.9 Å². The highest BCUT2D eigenvalue weighted by atomic mass is 16.6. The van der Waals surface area contributed by atoms with Crippen molar-refractivity contribution >= 4 is 17.3 Å². The van der Waals surface area contributed by atoms with E-state index in [1.165, 1.54) is 0 Å². The molecule has 1 aromatic heterocycles. The third-order valence-electron chi connectivity index (χ3n) is 6.69. The number of aryl methyl sites for hydroxylation is 1. The summed E-state index contributed by atoms with van der Waals surface area (Å²) in [5, 5.41) is 0. The Morgan fingerprint density at radius 1 is 0.788 bits per heavy atom. The molecule has 0 atom stereocenters. The first-order valence-electron chi connectivity index (χ1n) is 11.9. The fourth-order valence-electron chi connectivity index (χ4n) is 4.85. The predicted octanol–water partition coefficient (Wildman–Crippen LogP) is 5.54. The normalized spacial score (nSPS) is 14.0. The van der Waals surface area contributed by atoms with E-state index in [1.807, 2.05) is 13.0 Å². The molecule has 3 aromatic rings. The van der Waals surface area contributed by atoms with Crippen LogP contribution in [0, 0.1) is 6.92 Å². The summed E-state index contributed by atoms with van der Waals surface area (Å²) < 4.78 is 6.25. The summed E-state index contributed by atoms with van der Waals surface area (Å²) in [5.41, 5.74) is 5.32. The first kappa shape index (κ1) is 22.8. The molecule has 0 spiro atoms. The standard InChI is InChI=1S/C28H33N3O2/c1-6-30(7-2)23-14-10-21(11-15-23)28(22-12-16-24(17-13-22)31(8-3)9-4)26-19-29-20(5)18-25(26)27(32)33-28/h10-19H,6-9H2,1-5H3. The lowest BCUT2D eigenvalue weighted by atomic mass is 9.80. The molecule has 0 unspecified atom stereocenters. The van der Waals surface area contributed by atoms with Gasteiger partial charge >= 0.3 is 5.97 Å². The predicted molar refractivity (Wildman–Crippen MR) is 134 cm³/mol. The minimum absolute atomic E-state index is 0.309. The van der Waals surface area contributed by atoms with Crippen LogP contribution in [0.25, 0.3) is 0 Å². The van der Waals surface area contributed by atoms with Crippen molar-refractivity contribution in [2.24, 2.45) is 0 Å². The molecule has 33 heavy (non-hydrogen) atoms. The second-order valence-electron chi connectivity index (χ2n) is 8.38. The maximum absolute atomic E-state index is 13.0. The number of nitrogens with zero attached hydrogens (tertiary/aromatic N) is 3. The molecule has 0 aliphatic carbocycles. The summed E-state index contributed by atoms with van der Waals surface area (Å²) >= 11 is 0. The lowest BCUT2D eigenvalue weighted by Gasteiger charge is -2.31. The van der Waals surface area contributed by atoms with Crippen molar-refractivity contribution in [3.63, 3.8) is 0 Å². The first-order valence-corrected chi connectivity index (χ1v) is 11.9. The van der Waals surface area contributed by atoms with Gasteiger partial charge in [-0.05, 0) is 65.0 Å². The number of carbonyl (C=O) groups excluding carboxylic acids is 1. The maximum Gasteiger partial charge on any atom is 0.340 e. The average Bonchev–Trinajstić information content (AvgIpc) is 3.14. The van der Waals surface area contributed by atoms with Crippen molar-refractivity contribution in [3.05, 3.63) is 88.7 Å². The largest absolute Gasteiger partial charge is 0.441 e. The second-order valence-corrected chi connectivity index (χ2v) is 8.38. The van der Waals surface area contributed by atoms with Crippen LogP contribution in [0.15, 0.2) is 60.8 Å². The molecular weight excluding hydrogens is 410 g/mol. The Labute approximate surface area is 197 Å². The summed E-state index contributed by atoms with van der Waals surface area (Å²) in [7, 11) is 0. The SMILES string of the molecule is CCN(CC)c1ccc(C2(c3ccc(N(CC)CC)cc3)OC(=O)c3cc(C)ncc32)cc1. The Kier molecular flexibility index (Phi) is 6.41. The summed E-state index contributed by atoms with van der Waals surface area (Å²) in [6.07, 6.45) is 1.80. The van der Waals surface area contributed by atoms with E-state index >= 15 is 0 Å². The summed E-state index contributed by atoms with van der Waals surface area (Å²) in [6.45, 7) is 14.3. The molecule has 0 fully saturated rings. The number of benzene rings is 2. The van der Waals surface area contributed by atoms with Gasteiger partial charge in [-0.25, -0.2) is 4.79 Å². The number of esters is 1. The van der Waals surface area contributed by atoms with Crippen LogP contribution >= 0.6 is 0 Å². The van der Waals surface area contributed by atoms with Gasteiger partial charge in [0.2, 0.25) is 0 Å². The molecule has 0 amide bonds. The van der Waals surface area contributed by atoms with Gasteiger partial charge in [-0.2, -0.15) is 0 Å². The van der Waals surface area contributed by atoms with Gasteiger partial charge in [0.1, 0.15) is 0 Å². The molecule has 0 radical (unpaired) electrons. The number of anilines is 2. The fourth-order valence-corrected chi connectivity index (χ4v) is 4.85. The molecule has 4 rings (SSSR count). The Balaban J connectivity index is 1.88. The summed E-state index contributed by atoms with van der Waals surface area (Å²) in [6, 6.07) is 18.6. The van der Waals surface area contributed by atoms with Crippen molar-refractivity contribution in [2.45, 2.75) is 40.2 Å². The van der Waals surface area contributed by atoms with Gasteiger partial charge in [-0.3, -0.25) is 4.98 Å². The topological polar surface area (TPSA) is 45.7 Å². The van der Waals surface area contributed by atoms with Gasteiger partial charge in [0.25, 0.3) is 0 Å². The van der Waals surface area contributed by atoms with Gasteiger partial charge in [0, 0.05) is 66.1 Å². The molecule has 0 saturated heterocycles. The van der Waals surface area contributed by atoms with Crippen LogP contribution in [0.1, 0.15) is 60.4 Å². The number of cyclic esters (lactones) is 1. The quantitative estimate of drug-likeness (QED) is 0.428. The van der Waals surface area contributed by atoms with Crippen LogP contribution in [-0.2, 0) is 10.3 Å². The third-order valence-corrected chi connectivity index (χ3v) is 6.69. The number of carbonyl (C=O) groups is 1. The first-order chi connectivity index (χ1) is 16.0. The van der Waals surface area contributed by atoms with E-state index in [9.17, 15) is 4.79 Å². The van der Waals surface area contributed by atoms with E-state index in [4.69, 9.17) is 4.74 Å². The van der Waals surface area contributed by atoms with Crippen LogP contribution in [0.3, 0.4) is 0 Å². The van der Waals surface area contributed by atoms with Gasteiger partial charge in [-0.15, -0.1) is 0 Å². The number of ether oxygens (including phenoxy) is 1. The highest BCUT2D eigenvalue weighted by Crippen LogP contribution is 2.47. The van der Waals surface area contributed by atoms with Crippen molar-refractivity contribution in [1.82, 2.24) is 4.98 Å². The Morgan fingerprint density at radius 3 is 1.67 bits per heavy atom. The Bertz CT molecular complexity index is 1060. The van der Waals surface area contributed by atoms with Gasteiger partial charge < -0.3 is 14.5 Å². The molecule has 172 valence electrons. The number of rotatable bonds is 8. The van der Waals surface area contributed by atoms with E-state index in [2.05, 4.69) is 91.0 Å². The summed E-state index contributed by atoms with van der Waals surface area (Å²) in [4.78, 5) is 22.2. The van der Waals surface area contributed by atoms with Crippen LogP contribution < -0.4 is 9.80 Å². The number of pyridine rings is 1. The number of aromatic nitrogens is 1. The summed E-state index contributed by atoms with van der Waals surface area (Å²) in [5.74, 6) is -0.309. The molecule has 0 bridgehead atoms. The second kappa shape index (κ2) is 9.26. The number of hydrogen-bond acceptors (Lipinski definition) is 5. The molecule has 1 aliphatic rings. The number of fused-ring (bicyclic) bond motifs is 1.